The predicted molar refractivity (Wildman–Crippen MR) is 110 cm³/mol. The average molecular weight is 430 g/mol. The van der Waals surface area contributed by atoms with Crippen molar-refractivity contribution in [1.82, 2.24) is 15.5 Å². The van der Waals surface area contributed by atoms with Crippen LogP contribution in [0.15, 0.2) is 29.3 Å². The molecule has 2 rings (SSSR count). The van der Waals surface area contributed by atoms with Gasteiger partial charge in [0.25, 0.3) is 0 Å². The third kappa shape index (κ3) is 7.52. The third-order valence-electron chi connectivity index (χ3n) is 4.49. The van der Waals surface area contributed by atoms with E-state index in [-0.39, 0.29) is 24.0 Å². The fourth-order valence-corrected chi connectivity index (χ4v) is 2.86. The number of halogens is 1. The van der Waals surface area contributed by atoms with E-state index >= 15 is 0 Å². The Hall–Kier alpha value is -0.820. The molecule has 0 unspecified atom stereocenters. The number of aliphatic imine (C=N–C) groups is 1. The minimum absolute atomic E-state index is 0. The van der Waals surface area contributed by atoms with Crippen LogP contribution in [0, 0.1) is 12.8 Å². The Morgan fingerprint density at radius 3 is 2.43 bits per heavy atom. The molecule has 1 aliphatic rings. The van der Waals surface area contributed by atoms with Crippen LogP contribution in [0.3, 0.4) is 0 Å². The van der Waals surface area contributed by atoms with Crippen molar-refractivity contribution in [2.24, 2.45) is 10.9 Å². The maximum absolute atomic E-state index is 4.30. The molecule has 0 amide bonds. The van der Waals surface area contributed by atoms with E-state index in [1.165, 1.54) is 43.5 Å². The Labute approximate surface area is 158 Å². The van der Waals surface area contributed by atoms with E-state index in [4.69, 9.17) is 0 Å². The van der Waals surface area contributed by atoms with Crippen LogP contribution in [0.4, 0.5) is 0 Å². The molecule has 2 N–H and O–H groups in total. The normalized spacial score (nSPS) is 16.7. The van der Waals surface area contributed by atoms with Crippen molar-refractivity contribution in [1.29, 1.82) is 0 Å². The lowest BCUT2D eigenvalue weighted by molar-refractivity contribution is 0.213. The first-order valence-electron chi connectivity index (χ1n) is 8.36. The average Bonchev–Trinajstić information content (AvgIpc) is 2.54. The van der Waals surface area contributed by atoms with Crippen molar-refractivity contribution in [3.05, 3.63) is 35.4 Å². The minimum atomic E-state index is 0. The van der Waals surface area contributed by atoms with Crippen LogP contribution < -0.4 is 10.6 Å². The Balaban J connectivity index is 0.00000264. The van der Waals surface area contributed by atoms with Gasteiger partial charge in [-0.2, -0.15) is 0 Å². The summed E-state index contributed by atoms with van der Waals surface area (Å²) in [5, 5.41) is 6.82. The predicted octanol–water partition coefficient (Wildman–Crippen LogP) is 3.01. The van der Waals surface area contributed by atoms with Crippen LogP contribution in [-0.4, -0.2) is 44.6 Å². The molecule has 0 aromatic heterocycles. The number of likely N-dealkylation sites (tertiary alicyclic amines) is 1. The number of guanidine groups is 1. The zero-order valence-corrected chi connectivity index (χ0v) is 17.0. The van der Waals surface area contributed by atoms with E-state index in [0.29, 0.717) is 0 Å². The zero-order chi connectivity index (χ0) is 15.8. The molecule has 1 aliphatic heterocycles. The zero-order valence-electron chi connectivity index (χ0n) is 14.6. The van der Waals surface area contributed by atoms with Crippen LogP contribution in [0.2, 0.25) is 0 Å². The van der Waals surface area contributed by atoms with Crippen LogP contribution in [0.5, 0.6) is 0 Å². The van der Waals surface area contributed by atoms with Crippen molar-refractivity contribution in [2.75, 3.05) is 33.7 Å². The smallest absolute Gasteiger partial charge is 0.191 e. The summed E-state index contributed by atoms with van der Waals surface area (Å²) in [6, 6.07) is 8.61. The van der Waals surface area contributed by atoms with Gasteiger partial charge in [-0.15, -0.1) is 24.0 Å². The van der Waals surface area contributed by atoms with Gasteiger partial charge in [0.2, 0.25) is 0 Å². The van der Waals surface area contributed by atoms with Crippen molar-refractivity contribution in [3.63, 3.8) is 0 Å². The molecule has 0 saturated carbocycles. The lowest BCUT2D eigenvalue weighted by Crippen LogP contribution is -2.38. The molecule has 1 heterocycles. The number of rotatable bonds is 5. The highest BCUT2D eigenvalue weighted by Gasteiger charge is 2.16. The Morgan fingerprint density at radius 1 is 1.17 bits per heavy atom. The molecule has 1 fully saturated rings. The number of benzene rings is 1. The summed E-state index contributed by atoms with van der Waals surface area (Å²) in [6.07, 6.45) is 3.89. The van der Waals surface area contributed by atoms with Gasteiger partial charge < -0.3 is 15.5 Å². The number of aryl methyl sites for hydroxylation is 1. The fraction of sp³-hybridized carbons (Fsp3) is 0.611. The molecule has 0 radical (unpaired) electrons. The van der Waals surface area contributed by atoms with Crippen LogP contribution in [-0.2, 0) is 6.54 Å². The largest absolute Gasteiger partial charge is 0.356 e. The van der Waals surface area contributed by atoms with Gasteiger partial charge in [0.15, 0.2) is 5.96 Å². The Bertz CT molecular complexity index is 464. The molecule has 1 aromatic carbocycles. The van der Waals surface area contributed by atoms with Crippen molar-refractivity contribution in [3.8, 4) is 0 Å². The lowest BCUT2D eigenvalue weighted by Gasteiger charge is -2.29. The third-order valence-corrected chi connectivity index (χ3v) is 4.49. The van der Waals surface area contributed by atoms with Crippen molar-refractivity contribution < 1.29 is 0 Å². The Morgan fingerprint density at radius 2 is 1.83 bits per heavy atom. The molecule has 0 bridgehead atoms. The van der Waals surface area contributed by atoms with E-state index in [9.17, 15) is 0 Å². The molecule has 23 heavy (non-hydrogen) atoms. The summed E-state index contributed by atoms with van der Waals surface area (Å²) < 4.78 is 0. The highest BCUT2D eigenvalue weighted by Crippen LogP contribution is 2.18. The second-order valence-corrected chi connectivity index (χ2v) is 6.37. The first kappa shape index (κ1) is 20.2. The van der Waals surface area contributed by atoms with Crippen LogP contribution >= 0.6 is 24.0 Å². The molecule has 1 aromatic rings. The molecular weight excluding hydrogens is 399 g/mol. The van der Waals surface area contributed by atoms with Gasteiger partial charge in [0.1, 0.15) is 0 Å². The van der Waals surface area contributed by atoms with E-state index in [2.05, 4.69) is 58.8 Å². The van der Waals surface area contributed by atoms with Crippen LogP contribution in [0.25, 0.3) is 0 Å². The van der Waals surface area contributed by atoms with Gasteiger partial charge >= 0.3 is 0 Å². The monoisotopic (exact) mass is 430 g/mol. The number of nitrogens with one attached hydrogen (secondary N) is 2. The SMILES string of the molecule is CN=C(NCCC1CCN(C)CC1)NCc1ccc(C)cc1.I. The summed E-state index contributed by atoms with van der Waals surface area (Å²) in [5.74, 6) is 1.76. The molecule has 5 heteroatoms. The molecular formula is C18H31IN4. The standard InChI is InChI=1S/C18H30N4.HI/c1-15-4-6-17(7-5-15)14-21-18(19-2)20-11-8-16-9-12-22(3)13-10-16;/h4-7,16H,8-14H2,1-3H3,(H2,19,20,21);1H. The van der Waals surface area contributed by atoms with Gasteiger partial charge in [0, 0.05) is 20.1 Å². The molecule has 0 aliphatic carbocycles. The summed E-state index contributed by atoms with van der Waals surface area (Å²) in [7, 11) is 4.05. The van der Waals surface area contributed by atoms with Gasteiger partial charge in [-0.3, -0.25) is 4.99 Å². The first-order valence-corrected chi connectivity index (χ1v) is 8.36. The molecule has 0 atom stereocenters. The summed E-state index contributed by atoms with van der Waals surface area (Å²) >= 11 is 0. The first-order chi connectivity index (χ1) is 10.7. The van der Waals surface area contributed by atoms with Crippen molar-refractivity contribution >= 4 is 29.9 Å². The topological polar surface area (TPSA) is 39.7 Å². The number of piperidine rings is 1. The maximum Gasteiger partial charge on any atom is 0.191 e. The summed E-state index contributed by atoms with van der Waals surface area (Å²) in [6.45, 7) is 6.41. The molecule has 1 saturated heterocycles. The second-order valence-electron chi connectivity index (χ2n) is 6.37. The Kier molecular flexibility index (Phi) is 9.55. The lowest BCUT2D eigenvalue weighted by atomic mass is 9.94. The van der Waals surface area contributed by atoms with Gasteiger partial charge in [0.05, 0.1) is 0 Å². The summed E-state index contributed by atoms with van der Waals surface area (Å²) in [4.78, 5) is 6.72. The van der Waals surface area contributed by atoms with E-state index in [0.717, 1.165) is 25.0 Å². The minimum Gasteiger partial charge on any atom is -0.356 e. The highest BCUT2D eigenvalue weighted by atomic mass is 127. The molecule has 4 nitrogen and oxygen atoms in total. The van der Waals surface area contributed by atoms with E-state index in [1.807, 2.05) is 7.05 Å². The van der Waals surface area contributed by atoms with Crippen molar-refractivity contribution in [2.45, 2.75) is 32.7 Å². The van der Waals surface area contributed by atoms with E-state index < -0.39 is 0 Å². The summed E-state index contributed by atoms with van der Waals surface area (Å²) in [5.41, 5.74) is 2.58. The van der Waals surface area contributed by atoms with E-state index in [1.54, 1.807) is 0 Å². The molecule has 130 valence electrons. The van der Waals surface area contributed by atoms with Gasteiger partial charge in [-0.25, -0.2) is 0 Å². The second kappa shape index (κ2) is 10.9. The maximum atomic E-state index is 4.30. The molecule has 0 spiro atoms. The number of nitrogens with zero attached hydrogens (tertiary/aromatic N) is 2. The number of hydrogen-bond donors (Lipinski definition) is 2. The quantitative estimate of drug-likeness (QED) is 0.429. The highest BCUT2D eigenvalue weighted by molar-refractivity contribution is 14.0. The number of hydrogen-bond acceptors (Lipinski definition) is 2. The van der Waals surface area contributed by atoms with Crippen LogP contribution in [0.1, 0.15) is 30.4 Å². The fourth-order valence-electron chi connectivity index (χ4n) is 2.86. The van der Waals surface area contributed by atoms with Gasteiger partial charge in [-0.05, 0) is 57.8 Å². The van der Waals surface area contributed by atoms with Gasteiger partial charge in [-0.1, -0.05) is 29.8 Å².